The summed E-state index contributed by atoms with van der Waals surface area (Å²) in [6.45, 7) is 4.84. The Hall–Kier alpha value is -0.980. The van der Waals surface area contributed by atoms with E-state index in [-0.39, 0.29) is 12.2 Å². The van der Waals surface area contributed by atoms with Crippen molar-refractivity contribution < 1.29 is 9.84 Å². The van der Waals surface area contributed by atoms with Crippen LogP contribution in [0.1, 0.15) is 41.5 Å². The number of rotatable bonds is 3. The molecule has 4 nitrogen and oxygen atoms in total. The van der Waals surface area contributed by atoms with Gasteiger partial charge in [-0.3, -0.25) is 9.88 Å². The van der Waals surface area contributed by atoms with Crippen molar-refractivity contribution in [1.82, 2.24) is 9.88 Å². The molecule has 0 saturated carbocycles. The summed E-state index contributed by atoms with van der Waals surface area (Å²) in [7, 11) is 0. The van der Waals surface area contributed by atoms with Crippen LogP contribution >= 0.6 is 22.9 Å². The molecular weight excluding hydrogens is 356 g/mol. The Bertz CT molecular complexity index is 751. The molecule has 0 radical (unpaired) electrons. The predicted octanol–water partition coefficient (Wildman–Crippen LogP) is 3.74. The molecule has 1 saturated heterocycles. The largest absolute Gasteiger partial charge is 0.392 e. The number of fused-ring (bicyclic) bond motifs is 2. The lowest BCUT2D eigenvalue weighted by molar-refractivity contribution is -0.110. The Labute approximate surface area is 157 Å². The lowest BCUT2D eigenvalue weighted by atomic mass is 9.81. The summed E-state index contributed by atoms with van der Waals surface area (Å²) in [6.07, 6.45) is 4.61. The molecule has 2 aliphatic heterocycles. The Morgan fingerprint density at radius 1 is 1.48 bits per heavy atom. The van der Waals surface area contributed by atoms with Crippen LogP contribution in [0.2, 0.25) is 4.34 Å². The third-order valence-electron chi connectivity index (χ3n) is 5.51. The number of nitrogens with zero attached hydrogens (tertiary/aromatic N) is 2. The van der Waals surface area contributed by atoms with E-state index in [0.717, 1.165) is 47.9 Å². The summed E-state index contributed by atoms with van der Waals surface area (Å²) in [5.41, 5.74) is 3.01. The van der Waals surface area contributed by atoms with Crippen LogP contribution in [0.15, 0.2) is 24.4 Å². The third-order valence-corrected chi connectivity index (χ3v) is 7.22. The standard InChI is InChI=1S/C19H23ClN2O2S/c1-13-10-19(6-8-22(13)11-14-4-2-3-7-21-14)17-15(5-9-24-19)16(12-23)18(20)25-17/h2-4,7,13,23H,5-6,8-12H2,1H3/t13-,19+/m0/s1. The molecule has 1 fully saturated rings. The smallest absolute Gasteiger partial charge is 0.105 e. The van der Waals surface area contributed by atoms with Crippen molar-refractivity contribution in [3.8, 4) is 0 Å². The summed E-state index contributed by atoms with van der Waals surface area (Å²) in [5.74, 6) is 0. The summed E-state index contributed by atoms with van der Waals surface area (Å²) < 4.78 is 7.07. The Morgan fingerprint density at radius 2 is 2.36 bits per heavy atom. The van der Waals surface area contributed by atoms with Gasteiger partial charge >= 0.3 is 0 Å². The molecule has 134 valence electrons. The zero-order valence-corrected chi connectivity index (χ0v) is 15.9. The van der Waals surface area contributed by atoms with E-state index < -0.39 is 0 Å². The molecule has 25 heavy (non-hydrogen) atoms. The van der Waals surface area contributed by atoms with E-state index >= 15 is 0 Å². The monoisotopic (exact) mass is 378 g/mol. The molecule has 4 heterocycles. The van der Waals surface area contributed by atoms with Gasteiger partial charge in [0.15, 0.2) is 0 Å². The molecular formula is C19H23ClN2O2S. The predicted molar refractivity (Wildman–Crippen MR) is 99.9 cm³/mol. The van der Waals surface area contributed by atoms with Crippen molar-refractivity contribution in [1.29, 1.82) is 0 Å². The van der Waals surface area contributed by atoms with Crippen LogP contribution < -0.4 is 0 Å². The molecule has 1 N–H and O–H groups in total. The van der Waals surface area contributed by atoms with E-state index in [1.165, 1.54) is 10.4 Å². The molecule has 6 heteroatoms. The molecule has 2 aromatic rings. The molecule has 4 rings (SSSR count). The van der Waals surface area contributed by atoms with Gasteiger partial charge in [0.05, 0.1) is 23.2 Å². The number of ether oxygens (including phenoxy) is 1. The number of halogens is 1. The quantitative estimate of drug-likeness (QED) is 0.883. The number of pyridine rings is 1. The molecule has 2 aromatic heterocycles. The molecule has 0 bridgehead atoms. The first-order valence-corrected chi connectivity index (χ1v) is 10.0. The second-order valence-electron chi connectivity index (χ2n) is 7.01. The maximum Gasteiger partial charge on any atom is 0.105 e. The van der Waals surface area contributed by atoms with Gasteiger partial charge in [-0.05, 0) is 43.9 Å². The van der Waals surface area contributed by atoms with Crippen LogP contribution in [0.3, 0.4) is 0 Å². The summed E-state index contributed by atoms with van der Waals surface area (Å²) in [6, 6.07) is 6.48. The maximum absolute atomic E-state index is 9.67. The summed E-state index contributed by atoms with van der Waals surface area (Å²) in [4.78, 5) is 8.18. The van der Waals surface area contributed by atoms with Crippen molar-refractivity contribution in [2.75, 3.05) is 13.2 Å². The Kier molecular flexibility index (Phi) is 4.86. The zero-order chi connectivity index (χ0) is 17.4. The van der Waals surface area contributed by atoms with E-state index in [1.54, 1.807) is 11.3 Å². The van der Waals surface area contributed by atoms with Gasteiger partial charge in [-0.1, -0.05) is 17.7 Å². The fourth-order valence-corrected chi connectivity index (χ4v) is 5.87. The third kappa shape index (κ3) is 3.13. The highest BCUT2D eigenvalue weighted by molar-refractivity contribution is 7.16. The van der Waals surface area contributed by atoms with Crippen LogP contribution in [0.4, 0.5) is 0 Å². The minimum absolute atomic E-state index is 0.0160. The average Bonchev–Trinajstić information content (AvgIpc) is 2.95. The second-order valence-corrected chi connectivity index (χ2v) is 8.63. The maximum atomic E-state index is 9.67. The van der Waals surface area contributed by atoms with Crippen molar-refractivity contribution in [3.63, 3.8) is 0 Å². The number of piperidine rings is 1. The van der Waals surface area contributed by atoms with Gasteiger partial charge in [0.2, 0.25) is 0 Å². The first kappa shape index (κ1) is 17.4. The number of hydrogen-bond donors (Lipinski definition) is 1. The van der Waals surface area contributed by atoms with Crippen LogP contribution in [0.5, 0.6) is 0 Å². The number of likely N-dealkylation sites (tertiary alicyclic amines) is 1. The first-order valence-electron chi connectivity index (χ1n) is 8.82. The van der Waals surface area contributed by atoms with Crippen molar-refractivity contribution in [2.45, 2.75) is 51.0 Å². The van der Waals surface area contributed by atoms with Gasteiger partial charge in [0.25, 0.3) is 0 Å². The van der Waals surface area contributed by atoms with Gasteiger partial charge in [-0.25, -0.2) is 0 Å². The van der Waals surface area contributed by atoms with Crippen LogP contribution in [-0.4, -0.2) is 34.2 Å². The van der Waals surface area contributed by atoms with Crippen LogP contribution in [0, 0.1) is 0 Å². The first-order chi connectivity index (χ1) is 12.1. The second kappa shape index (κ2) is 6.97. The SMILES string of the molecule is C[C@H]1C[C@@]2(CCN1Cc1ccccn1)OCCc1c2sc(Cl)c1CO. The zero-order valence-electron chi connectivity index (χ0n) is 14.4. The minimum atomic E-state index is -0.241. The minimum Gasteiger partial charge on any atom is -0.392 e. The Morgan fingerprint density at radius 3 is 3.08 bits per heavy atom. The van der Waals surface area contributed by atoms with Gasteiger partial charge < -0.3 is 9.84 Å². The molecule has 0 amide bonds. The number of hydrogen-bond acceptors (Lipinski definition) is 5. The van der Waals surface area contributed by atoms with Crippen LogP contribution in [-0.2, 0) is 29.9 Å². The van der Waals surface area contributed by atoms with Crippen molar-refractivity contribution in [2.24, 2.45) is 0 Å². The van der Waals surface area contributed by atoms with E-state index in [1.807, 2.05) is 18.3 Å². The highest BCUT2D eigenvalue weighted by Gasteiger charge is 2.45. The topological polar surface area (TPSA) is 45.6 Å². The molecule has 1 spiro atoms. The van der Waals surface area contributed by atoms with E-state index in [4.69, 9.17) is 16.3 Å². The fraction of sp³-hybridized carbons (Fsp3) is 0.526. The van der Waals surface area contributed by atoms with Gasteiger partial charge in [0.1, 0.15) is 5.60 Å². The van der Waals surface area contributed by atoms with Gasteiger partial charge in [0, 0.05) is 35.8 Å². The fourth-order valence-electron chi connectivity index (χ4n) is 4.20. The van der Waals surface area contributed by atoms with E-state index in [9.17, 15) is 5.11 Å². The molecule has 0 aromatic carbocycles. The lowest BCUT2D eigenvalue weighted by Crippen LogP contribution is -2.50. The number of aliphatic hydroxyl groups excluding tert-OH is 1. The molecule has 2 atom stereocenters. The summed E-state index contributed by atoms with van der Waals surface area (Å²) in [5, 5.41) is 9.67. The van der Waals surface area contributed by atoms with Gasteiger partial charge in [-0.2, -0.15) is 0 Å². The lowest BCUT2D eigenvalue weighted by Gasteiger charge is -2.47. The Balaban J connectivity index is 1.57. The van der Waals surface area contributed by atoms with Crippen molar-refractivity contribution >= 4 is 22.9 Å². The van der Waals surface area contributed by atoms with Crippen LogP contribution in [0.25, 0.3) is 0 Å². The molecule has 0 aliphatic carbocycles. The van der Waals surface area contributed by atoms with Gasteiger partial charge in [-0.15, -0.1) is 11.3 Å². The summed E-state index contributed by atoms with van der Waals surface area (Å²) >= 11 is 8.00. The number of aromatic nitrogens is 1. The van der Waals surface area contributed by atoms with Crippen molar-refractivity contribution in [3.05, 3.63) is 50.4 Å². The number of thiophene rings is 1. The molecule has 0 unspecified atom stereocenters. The van der Waals surface area contributed by atoms with E-state index in [0.29, 0.717) is 12.6 Å². The average molecular weight is 379 g/mol. The normalized spacial score (nSPS) is 26.8. The highest BCUT2D eigenvalue weighted by atomic mass is 35.5. The highest BCUT2D eigenvalue weighted by Crippen LogP contribution is 2.49. The number of aliphatic hydroxyl groups is 1. The molecule has 2 aliphatic rings. The van der Waals surface area contributed by atoms with E-state index in [2.05, 4.69) is 22.9 Å².